The third kappa shape index (κ3) is 4.00. The van der Waals surface area contributed by atoms with E-state index in [-0.39, 0.29) is 18.4 Å². The zero-order chi connectivity index (χ0) is 12.8. The minimum Gasteiger partial charge on any atom is -0.394 e. The van der Waals surface area contributed by atoms with Crippen molar-refractivity contribution in [3.05, 3.63) is 12.2 Å². The summed E-state index contributed by atoms with van der Waals surface area (Å²) < 4.78 is 9.05. The lowest BCUT2D eigenvalue weighted by molar-refractivity contribution is -0.304. The summed E-state index contributed by atoms with van der Waals surface area (Å²) in [6.07, 6.45) is -0.0185. The van der Waals surface area contributed by atoms with E-state index >= 15 is 0 Å². The van der Waals surface area contributed by atoms with Crippen LogP contribution >= 0.6 is 0 Å². The number of carbonyl (C=O) groups excluding carboxylic acids is 2. The van der Waals surface area contributed by atoms with Gasteiger partial charge in [-0.3, -0.25) is 9.59 Å². The highest BCUT2D eigenvalue weighted by Gasteiger charge is 2.39. The lowest BCUT2D eigenvalue weighted by atomic mass is 10.2. The number of hydrogen-bond acceptors (Lipinski definition) is 6. The molecule has 0 radical (unpaired) electrons. The Labute approximate surface area is 93.5 Å². The van der Waals surface area contributed by atoms with E-state index in [1.54, 1.807) is 0 Å². The zero-order valence-electron chi connectivity index (χ0n) is 9.36. The van der Waals surface area contributed by atoms with Gasteiger partial charge in [0.25, 0.3) is 0 Å². The maximum atomic E-state index is 11.0. The first-order valence-corrected chi connectivity index (χ1v) is 4.84. The number of carbonyl (C=O) groups is 2. The van der Waals surface area contributed by atoms with E-state index in [9.17, 15) is 14.7 Å². The second-order valence-corrected chi connectivity index (χ2v) is 3.00. The second kappa shape index (κ2) is 6.24. The second-order valence-electron chi connectivity index (χ2n) is 3.00. The van der Waals surface area contributed by atoms with Gasteiger partial charge in [0.2, 0.25) is 0 Å². The van der Waals surface area contributed by atoms with Crippen molar-refractivity contribution in [2.45, 2.75) is 32.7 Å². The number of rotatable bonds is 6. The van der Waals surface area contributed by atoms with Crippen LogP contribution in [0.25, 0.3) is 0 Å². The van der Waals surface area contributed by atoms with Gasteiger partial charge in [-0.05, 0) is 0 Å². The van der Waals surface area contributed by atoms with E-state index < -0.39 is 24.5 Å². The summed E-state index contributed by atoms with van der Waals surface area (Å²) in [6.45, 7) is 5.60. The molecule has 0 aliphatic heterocycles. The summed E-state index contributed by atoms with van der Waals surface area (Å²) in [4.78, 5) is 22.0. The minimum absolute atomic E-state index is 0.00923. The molecule has 2 N–H and O–H groups in total. The molecule has 0 spiro atoms. The first-order chi connectivity index (χ1) is 7.39. The van der Waals surface area contributed by atoms with E-state index in [1.807, 2.05) is 0 Å². The number of esters is 2. The van der Waals surface area contributed by atoms with Gasteiger partial charge in [0, 0.05) is 12.8 Å². The van der Waals surface area contributed by atoms with Gasteiger partial charge in [0.1, 0.15) is 0 Å². The molecule has 0 rings (SSSR count). The van der Waals surface area contributed by atoms with E-state index in [1.165, 1.54) is 13.8 Å². The molecule has 0 aliphatic rings. The highest BCUT2D eigenvalue weighted by Crippen LogP contribution is 2.20. The Hall–Kier alpha value is -1.40. The summed E-state index contributed by atoms with van der Waals surface area (Å²) >= 11 is 0. The number of ether oxygens (including phenoxy) is 2. The first-order valence-electron chi connectivity index (χ1n) is 4.84. The van der Waals surface area contributed by atoms with Gasteiger partial charge in [-0.25, -0.2) is 0 Å². The van der Waals surface area contributed by atoms with Crippen LogP contribution in [0.4, 0.5) is 0 Å². The van der Waals surface area contributed by atoms with Gasteiger partial charge >= 0.3 is 17.9 Å². The molecule has 0 aromatic heterocycles. The zero-order valence-corrected chi connectivity index (χ0v) is 9.36. The van der Waals surface area contributed by atoms with Crippen molar-refractivity contribution >= 4 is 11.9 Å². The third-order valence-electron chi connectivity index (χ3n) is 1.72. The van der Waals surface area contributed by atoms with Crippen molar-refractivity contribution in [2.75, 3.05) is 6.61 Å². The molecule has 0 saturated carbocycles. The molecule has 0 aliphatic carbocycles. The first kappa shape index (κ1) is 14.6. The van der Waals surface area contributed by atoms with Crippen LogP contribution < -0.4 is 0 Å². The summed E-state index contributed by atoms with van der Waals surface area (Å²) in [7, 11) is 0. The Morgan fingerprint density at radius 1 is 1.19 bits per heavy atom. The van der Waals surface area contributed by atoms with Gasteiger partial charge in [-0.15, -0.1) is 0 Å². The molecule has 92 valence electrons. The molecule has 0 unspecified atom stereocenters. The van der Waals surface area contributed by atoms with Crippen LogP contribution in [-0.2, 0) is 19.1 Å². The standard InChI is InChI=1S/C10H16O6/c1-4-8(12)15-10(14,7(3)6-11)16-9(13)5-2/h11,14H,3-6H2,1-2H3. The van der Waals surface area contributed by atoms with E-state index in [4.69, 9.17) is 5.11 Å². The van der Waals surface area contributed by atoms with Gasteiger partial charge in [-0.2, -0.15) is 0 Å². The molecule has 6 nitrogen and oxygen atoms in total. The van der Waals surface area contributed by atoms with Gasteiger partial charge < -0.3 is 19.7 Å². The van der Waals surface area contributed by atoms with Gasteiger partial charge in [0.15, 0.2) is 0 Å². The molecule has 0 bridgehead atoms. The van der Waals surface area contributed by atoms with Crippen molar-refractivity contribution in [3.63, 3.8) is 0 Å². The normalized spacial score (nSPS) is 10.8. The lowest BCUT2D eigenvalue weighted by Gasteiger charge is -2.27. The molecule has 0 aromatic carbocycles. The van der Waals surface area contributed by atoms with Crippen molar-refractivity contribution in [1.82, 2.24) is 0 Å². The smallest absolute Gasteiger partial charge is 0.394 e. The molecule has 0 atom stereocenters. The number of aliphatic hydroxyl groups is 2. The molecular weight excluding hydrogens is 216 g/mol. The molecule has 16 heavy (non-hydrogen) atoms. The minimum atomic E-state index is -2.59. The molecule has 0 aromatic rings. The van der Waals surface area contributed by atoms with Crippen LogP contribution in [0.3, 0.4) is 0 Å². The molecular formula is C10H16O6. The third-order valence-corrected chi connectivity index (χ3v) is 1.72. The Balaban J connectivity index is 4.81. The largest absolute Gasteiger partial charge is 0.400 e. The van der Waals surface area contributed by atoms with Crippen molar-refractivity contribution < 1.29 is 29.3 Å². The predicted octanol–water partition coefficient (Wildman–Crippen LogP) is 0.0874. The van der Waals surface area contributed by atoms with Gasteiger partial charge in [-0.1, -0.05) is 20.4 Å². The van der Waals surface area contributed by atoms with E-state index in [0.29, 0.717) is 0 Å². The fourth-order valence-electron chi connectivity index (χ4n) is 0.718. The summed E-state index contributed by atoms with van der Waals surface area (Å²) in [5.74, 6) is -4.14. The highest BCUT2D eigenvalue weighted by atomic mass is 16.8. The molecule has 0 fully saturated rings. The highest BCUT2D eigenvalue weighted by molar-refractivity contribution is 5.72. The average Bonchev–Trinajstić information content (AvgIpc) is 2.27. The lowest BCUT2D eigenvalue weighted by Crippen LogP contribution is -2.42. The van der Waals surface area contributed by atoms with Crippen molar-refractivity contribution in [3.8, 4) is 0 Å². The predicted molar refractivity (Wildman–Crippen MR) is 53.9 cm³/mol. The summed E-state index contributed by atoms with van der Waals surface area (Å²) in [5.41, 5.74) is -0.323. The van der Waals surface area contributed by atoms with Crippen LogP contribution in [0.5, 0.6) is 0 Å². The van der Waals surface area contributed by atoms with Crippen molar-refractivity contribution in [1.29, 1.82) is 0 Å². The fraction of sp³-hybridized carbons (Fsp3) is 0.600. The molecule has 0 amide bonds. The van der Waals surface area contributed by atoms with Crippen LogP contribution in [0.1, 0.15) is 26.7 Å². The Morgan fingerprint density at radius 2 is 1.56 bits per heavy atom. The Kier molecular flexibility index (Phi) is 5.69. The van der Waals surface area contributed by atoms with Crippen LogP contribution in [0.15, 0.2) is 12.2 Å². The van der Waals surface area contributed by atoms with E-state index in [0.717, 1.165) is 0 Å². The maximum Gasteiger partial charge on any atom is 0.400 e. The fourth-order valence-corrected chi connectivity index (χ4v) is 0.718. The van der Waals surface area contributed by atoms with Crippen LogP contribution in [-0.4, -0.2) is 34.7 Å². The Bertz CT molecular complexity index is 265. The monoisotopic (exact) mass is 232 g/mol. The summed E-state index contributed by atoms with van der Waals surface area (Å²) in [6, 6.07) is 0. The SMILES string of the molecule is C=C(CO)C(O)(OC(=O)CC)OC(=O)CC. The molecule has 0 heterocycles. The van der Waals surface area contributed by atoms with Crippen LogP contribution in [0.2, 0.25) is 0 Å². The molecule has 6 heteroatoms. The Morgan fingerprint density at radius 3 is 1.81 bits per heavy atom. The maximum absolute atomic E-state index is 11.0. The molecule has 0 saturated heterocycles. The summed E-state index contributed by atoms with van der Waals surface area (Å²) in [5, 5.41) is 18.5. The van der Waals surface area contributed by atoms with E-state index in [2.05, 4.69) is 16.1 Å². The number of aliphatic hydroxyl groups excluding tert-OH is 1. The quantitative estimate of drug-likeness (QED) is 0.383. The average molecular weight is 232 g/mol. The van der Waals surface area contributed by atoms with Crippen LogP contribution in [0, 0.1) is 0 Å². The topological polar surface area (TPSA) is 93.1 Å². The van der Waals surface area contributed by atoms with Crippen molar-refractivity contribution in [2.24, 2.45) is 0 Å². The van der Waals surface area contributed by atoms with Gasteiger partial charge in [0.05, 0.1) is 12.2 Å². The number of hydrogen-bond donors (Lipinski definition) is 2.